The van der Waals surface area contributed by atoms with Crippen molar-refractivity contribution in [3.8, 4) is 0 Å². The summed E-state index contributed by atoms with van der Waals surface area (Å²) < 4.78 is 5.92. The van der Waals surface area contributed by atoms with Crippen LogP contribution < -0.4 is 0 Å². The van der Waals surface area contributed by atoms with Gasteiger partial charge in [-0.1, -0.05) is 32.9 Å². The van der Waals surface area contributed by atoms with Crippen LogP contribution in [0.1, 0.15) is 40.5 Å². The normalized spacial score (nSPS) is 31.0. The Balaban J connectivity index is 2.57. The zero-order valence-corrected chi connectivity index (χ0v) is 11.4. The Labute approximate surface area is 105 Å². The summed E-state index contributed by atoms with van der Waals surface area (Å²) in [5.41, 5.74) is -0.249. The predicted octanol–water partition coefficient (Wildman–Crippen LogP) is 3.53. The van der Waals surface area contributed by atoms with Crippen molar-refractivity contribution >= 4 is 5.78 Å². The van der Waals surface area contributed by atoms with E-state index in [1.165, 1.54) is 0 Å². The summed E-state index contributed by atoms with van der Waals surface area (Å²) in [5, 5.41) is 0. The van der Waals surface area contributed by atoms with Gasteiger partial charge in [-0.25, -0.2) is 0 Å². The van der Waals surface area contributed by atoms with Gasteiger partial charge in [-0.3, -0.25) is 4.79 Å². The summed E-state index contributed by atoms with van der Waals surface area (Å²) >= 11 is 0. The van der Waals surface area contributed by atoms with Crippen molar-refractivity contribution in [2.45, 2.75) is 52.2 Å². The van der Waals surface area contributed by atoms with E-state index in [2.05, 4.69) is 20.4 Å². The summed E-state index contributed by atoms with van der Waals surface area (Å²) in [6.45, 7) is 11.9. The molecule has 0 spiro atoms. The van der Waals surface area contributed by atoms with Gasteiger partial charge in [0.05, 0.1) is 11.7 Å². The van der Waals surface area contributed by atoms with Gasteiger partial charge in [-0.15, -0.1) is 6.58 Å². The first-order chi connectivity index (χ1) is 7.88. The van der Waals surface area contributed by atoms with Crippen LogP contribution in [0.2, 0.25) is 0 Å². The first kappa shape index (κ1) is 14.2. The van der Waals surface area contributed by atoms with Crippen LogP contribution >= 0.6 is 0 Å². The fraction of sp³-hybridized carbons (Fsp3) is 0.667. The van der Waals surface area contributed by atoms with Crippen LogP contribution in [0.25, 0.3) is 0 Å². The fourth-order valence-electron chi connectivity index (χ4n) is 2.02. The number of hydrogen-bond acceptors (Lipinski definition) is 2. The minimum Gasteiger partial charge on any atom is -0.367 e. The van der Waals surface area contributed by atoms with Crippen LogP contribution in [0.5, 0.6) is 0 Å². The molecule has 0 aromatic heterocycles. The minimum atomic E-state index is -0.249. The van der Waals surface area contributed by atoms with Crippen LogP contribution in [0.15, 0.2) is 24.8 Å². The van der Waals surface area contributed by atoms with Gasteiger partial charge in [0.1, 0.15) is 0 Å². The van der Waals surface area contributed by atoms with Crippen molar-refractivity contribution in [2.24, 2.45) is 11.8 Å². The highest BCUT2D eigenvalue weighted by atomic mass is 16.5. The molecule has 0 aliphatic carbocycles. The SMILES string of the molecule is C=CC1(C)CCC(C(C)C(=O)C=CC(C)C)O1. The molecule has 0 bridgehead atoms. The van der Waals surface area contributed by atoms with Gasteiger partial charge in [0.25, 0.3) is 0 Å². The Morgan fingerprint density at radius 2 is 2.12 bits per heavy atom. The maximum atomic E-state index is 11.9. The lowest BCUT2D eigenvalue weighted by Gasteiger charge is -2.23. The van der Waals surface area contributed by atoms with Gasteiger partial charge in [0.15, 0.2) is 5.78 Å². The molecule has 1 aliphatic heterocycles. The number of carbonyl (C=O) groups excluding carboxylic acids is 1. The molecule has 2 heteroatoms. The molecule has 0 aromatic carbocycles. The van der Waals surface area contributed by atoms with E-state index in [1.807, 2.05) is 26.0 Å². The van der Waals surface area contributed by atoms with Crippen LogP contribution in [0, 0.1) is 11.8 Å². The highest BCUT2D eigenvalue weighted by Gasteiger charge is 2.37. The van der Waals surface area contributed by atoms with Crippen LogP contribution in [-0.4, -0.2) is 17.5 Å². The Morgan fingerprint density at radius 1 is 1.47 bits per heavy atom. The molecule has 3 atom stereocenters. The monoisotopic (exact) mass is 236 g/mol. The van der Waals surface area contributed by atoms with Crippen LogP contribution in [0.4, 0.5) is 0 Å². The number of ketones is 1. The lowest BCUT2D eigenvalue weighted by molar-refractivity contribution is -0.123. The minimum absolute atomic E-state index is 0.0299. The van der Waals surface area contributed by atoms with E-state index in [4.69, 9.17) is 4.74 Å². The molecule has 17 heavy (non-hydrogen) atoms. The lowest BCUT2D eigenvalue weighted by Crippen LogP contribution is -2.28. The number of carbonyl (C=O) groups is 1. The molecule has 0 aromatic rings. The van der Waals surface area contributed by atoms with E-state index in [-0.39, 0.29) is 23.4 Å². The first-order valence-corrected chi connectivity index (χ1v) is 6.41. The molecule has 96 valence electrons. The van der Waals surface area contributed by atoms with Crippen molar-refractivity contribution in [2.75, 3.05) is 0 Å². The average Bonchev–Trinajstić information content (AvgIpc) is 2.68. The van der Waals surface area contributed by atoms with Gasteiger partial charge in [0.2, 0.25) is 0 Å². The van der Waals surface area contributed by atoms with Gasteiger partial charge in [-0.2, -0.15) is 0 Å². The standard InChI is InChI=1S/C15H24O2/c1-6-15(5)10-9-14(17-15)12(4)13(16)8-7-11(2)3/h6-8,11-12,14H,1,9-10H2,2-5H3. The lowest BCUT2D eigenvalue weighted by atomic mass is 9.95. The summed E-state index contributed by atoms with van der Waals surface area (Å²) in [6, 6.07) is 0. The molecular formula is C15H24O2. The first-order valence-electron chi connectivity index (χ1n) is 6.41. The number of rotatable bonds is 5. The molecule has 1 aliphatic rings. The van der Waals surface area contributed by atoms with Crippen molar-refractivity contribution in [1.82, 2.24) is 0 Å². The molecule has 1 heterocycles. The molecule has 1 fully saturated rings. The zero-order valence-electron chi connectivity index (χ0n) is 11.4. The second-order valence-electron chi connectivity index (χ2n) is 5.51. The highest BCUT2D eigenvalue weighted by molar-refractivity contribution is 5.91. The topological polar surface area (TPSA) is 26.3 Å². The number of hydrogen-bond donors (Lipinski definition) is 0. The smallest absolute Gasteiger partial charge is 0.160 e. The second kappa shape index (κ2) is 5.63. The fourth-order valence-corrected chi connectivity index (χ4v) is 2.02. The Morgan fingerprint density at radius 3 is 2.59 bits per heavy atom. The van der Waals surface area contributed by atoms with Gasteiger partial charge in [-0.05, 0) is 31.8 Å². The van der Waals surface area contributed by atoms with Gasteiger partial charge in [0, 0.05) is 5.92 Å². The Bertz CT molecular complexity index is 317. The maximum Gasteiger partial charge on any atom is 0.160 e. The van der Waals surface area contributed by atoms with Gasteiger partial charge >= 0.3 is 0 Å². The number of allylic oxidation sites excluding steroid dienone is 2. The largest absolute Gasteiger partial charge is 0.367 e. The Kier molecular flexibility index (Phi) is 4.70. The van der Waals surface area contributed by atoms with Crippen molar-refractivity contribution in [3.05, 3.63) is 24.8 Å². The molecular weight excluding hydrogens is 212 g/mol. The molecule has 1 rings (SSSR count). The average molecular weight is 236 g/mol. The highest BCUT2D eigenvalue weighted by Crippen LogP contribution is 2.34. The van der Waals surface area contributed by atoms with E-state index >= 15 is 0 Å². The predicted molar refractivity (Wildman–Crippen MR) is 70.9 cm³/mol. The molecule has 1 saturated heterocycles. The van der Waals surface area contributed by atoms with E-state index in [1.54, 1.807) is 6.08 Å². The molecule has 3 unspecified atom stereocenters. The van der Waals surface area contributed by atoms with E-state index < -0.39 is 0 Å². The maximum absolute atomic E-state index is 11.9. The molecule has 2 nitrogen and oxygen atoms in total. The third kappa shape index (κ3) is 3.81. The third-order valence-electron chi connectivity index (χ3n) is 3.43. The molecule has 0 N–H and O–H groups in total. The summed E-state index contributed by atoms with van der Waals surface area (Å²) in [5.74, 6) is 0.512. The number of ether oxygens (including phenoxy) is 1. The van der Waals surface area contributed by atoms with E-state index in [0.717, 1.165) is 12.8 Å². The second-order valence-corrected chi connectivity index (χ2v) is 5.51. The van der Waals surface area contributed by atoms with Crippen LogP contribution in [0.3, 0.4) is 0 Å². The third-order valence-corrected chi connectivity index (χ3v) is 3.43. The summed E-state index contributed by atoms with van der Waals surface area (Å²) in [6.07, 6.45) is 7.40. The van der Waals surface area contributed by atoms with E-state index in [0.29, 0.717) is 5.92 Å². The zero-order chi connectivity index (χ0) is 13.1. The summed E-state index contributed by atoms with van der Waals surface area (Å²) in [4.78, 5) is 11.9. The Hall–Kier alpha value is -0.890. The van der Waals surface area contributed by atoms with Crippen molar-refractivity contribution in [1.29, 1.82) is 0 Å². The summed E-state index contributed by atoms with van der Waals surface area (Å²) in [7, 11) is 0. The van der Waals surface area contributed by atoms with E-state index in [9.17, 15) is 4.79 Å². The molecule has 0 amide bonds. The van der Waals surface area contributed by atoms with Crippen molar-refractivity contribution < 1.29 is 9.53 Å². The van der Waals surface area contributed by atoms with Crippen LogP contribution in [-0.2, 0) is 9.53 Å². The van der Waals surface area contributed by atoms with Crippen molar-refractivity contribution in [3.63, 3.8) is 0 Å². The molecule has 0 radical (unpaired) electrons. The molecule has 0 saturated carbocycles. The van der Waals surface area contributed by atoms with Gasteiger partial charge < -0.3 is 4.74 Å². The quantitative estimate of drug-likeness (QED) is 0.539.